The van der Waals surface area contributed by atoms with Gasteiger partial charge in [0.2, 0.25) is 5.91 Å². The lowest BCUT2D eigenvalue weighted by Gasteiger charge is -2.35. The molecule has 2 aromatic carbocycles. The molecule has 0 radical (unpaired) electrons. The van der Waals surface area contributed by atoms with Crippen LogP contribution < -0.4 is 10.6 Å². The van der Waals surface area contributed by atoms with E-state index in [4.69, 9.17) is 4.74 Å². The number of nitrogens with zero attached hydrogens (tertiary/aromatic N) is 1. The third-order valence-electron chi connectivity index (χ3n) is 5.61. The second-order valence-corrected chi connectivity index (χ2v) is 8.22. The van der Waals surface area contributed by atoms with Gasteiger partial charge in [0.05, 0.1) is 18.2 Å². The van der Waals surface area contributed by atoms with Gasteiger partial charge in [-0.1, -0.05) is 50.2 Å². The maximum absolute atomic E-state index is 13.2. The van der Waals surface area contributed by atoms with Gasteiger partial charge >= 0.3 is 12.0 Å². The second-order valence-electron chi connectivity index (χ2n) is 8.22. The predicted molar refractivity (Wildman–Crippen MR) is 121 cm³/mol. The molecule has 2 N–H and O–H groups in total. The predicted octanol–water partition coefficient (Wildman–Crippen LogP) is 3.79. The molecule has 166 valence electrons. The van der Waals surface area contributed by atoms with Gasteiger partial charge in [0.15, 0.2) is 0 Å². The van der Waals surface area contributed by atoms with Gasteiger partial charge in [0, 0.05) is 18.5 Å². The highest BCUT2D eigenvalue weighted by molar-refractivity contribution is 6.02. The number of hydrogen-bond acceptors (Lipinski definition) is 4. The van der Waals surface area contributed by atoms with E-state index in [-0.39, 0.29) is 23.7 Å². The van der Waals surface area contributed by atoms with Crippen molar-refractivity contribution in [2.45, 2.75) is 39.7 Å². The van der Waals surface area contributed by atoms with Crippen LogP contribution in [0.4, 0.5) is 10.5 Å². The largest absolute Gasteiger partial charge is 0.466 e. The maximum atomic E-state index is 13.2. The average molecular weight is 426 g/mol. The maximum Gasteiger partial charge on any atom is 0.319 e. The number of rotatable bonds is 6. The van der Waals surface area contributed by atoms with Crippen LogP contribution in [0.5, 0.6) is 0 Å². The molecule has 3 amide bonds. The minimum Gasteiger partial charge on any atom is -0.466 e. The molecule has 7 heteroatoms. The van der Waals surface area contributed by atoms with Gasteiger partial charge in [0.25, 0.3) is 0 Å². The molecule has 0 spiro atoms. The number of anilines is 1. The fraction of sp³-hybridized carbons (Fsp3) is 0.458. The van der Waals surface area contributed by atoms with Gasteiger partial charge in [-0.2, -0.15) is 0 Å². The quantitative estimate of drug-likeness (QED) is 0.690. The van der Waals surface area contributed by atoms with E-state index in [1.807, 2.05) is 56.3 Å². The minimum absolute atomic E-state index is 0.103. The zero-order valence-corrected chi connectivity index (χ0v) is 18.4. The van der Waals surface area contributed by atoms with E-state index in [0.29, 0.717) is 31.8 Å². The molecule has 3 rings (SSSR count). The second kappa shape index (κ2) is 10.3. The van der Waals surface area contributed by atoms with Crippen molar-refractivity contribution in [3.63, 3.8) is 0 Å². The molecule has 2 unspecified atom stereocenters. The van der Waals surface area contributed by atoms with Crippen LogP contribution >= 0.6 is 0 Å². The Labute approximate surface area is 183 Å². The van der Waals surface area contributed by atoms with Crippen LogP contribution in [0, 0.1) is 11.8 Å². The number of likely N-dealkylation sites (tertiary alicyclic amines) is 1. The summed E-state index contributed by atoms with van der Waals surface area (Å²) in [5, 5.41) is 7.67. The molecule has 7 nitrogen and oxygen atoms in total. The molecule has 1 aliphatic heterocycles. The average Bonchev–Trinajstić information content (AvgIpc) is 2.77. The zero-order valence-electron chi connectivity index (χ0n) is 18.4. The van der Waals surface area contributed by atoms with E-state index >= 15 is 0 Å². The molecular formula is C24H31N3O4. The van der Waals surface area contributed by atoms with Gasteiger partial charge in [0.1, 0.15) is 6.04 Å². The molecule has 1 aliphatic rings. The van der Waals surface area contributed by atoms with Crippen LogP contribution in [0.15, 0.2) is 42.5 Å². The highest BCUT2D eigenvalue weighted by Gasteiger charge is 2.34. The smallest absolute Gasteiger partial charge is 0.319 e. The van der Waals surface area contributed by atoms with Gasteiger partial charge in [-0.25, -0.2) is 4.79 Å². The van der Waals surface area contributed by atoms with Crippen molar-refractivity contribution in [3.05, 3.63) is 42.5 Å². The molecular weight excluding hydrogens is 394 g/mol. The molecule has 1 heterocycles. The number of esters is 1. The Hall–Kier alpha value is -3.09. The van der Waals surface area contributed by atoms with Gasteiger partial charge in [-0.05, 0) is 37.1 Å². The monoisotopic (exact) mass is 425 g/mol. The van der Waals surface area contributed by atoms with Crippen molar-refractivity contribution in [1.29, 1.82) is 0 Å². The molecule has 1 saturated heterocycles. The van der Waals surface area contributed by atoms with Crippen molar-refractivity contribution in [1.82, 2.24) is 10.2 Å². The normalized spacial score (nSPS) is 17.3. The first kappa shape index (κ1) is 22.6. The molecule has 0 aliphatic carbocycles. The summed E-state index contributed by atoms with van der Waals surface area (Å²) >= 11 is 0. The molecule has 0 aromatic heterocycles. The van der Waals surface area contributed by atoms with Crippen LogP contribution in [-0.4, -0.2) is 48.5 Å². The van der Waals surface area contributed by atoms with E-state index in [1.54, 1.807) is 11.8 Å². The van der Waals surface area contributed by atoms with Crippen LogP contribution in [0.2, 0.25) is 0 Å². The summed E-state index contributed by atoms with van der Waals surface area (Å²) in [5.41, 5.74) is 0.686. The number of urea groups is 1. The zero-order chi connectivity index (χ0) is 22.4. The van der Waals surface area contributed by atoms with Gasteiger partial charge in [-0.3, -0.25) is 9.59 Å². The SMILES string of the molecule is CCOC(=O)C1CCCN(C(=O)C(NC(=O)Nc2cccc3ccccc23)C(C)C)C1. The first-order chi connectivity index (χ1) is 14.9. The summed E-state index contributed by atoms with van der Waals surface area (Å²) in [7, 11) is 0. The molecule has 0 saturated carbocycles. The summed E-state index contributed by atoms with van der Waals surface area (Å²) in [5.74, 6) is -0.844. The topological polar surface area (TPSA) is 87.7 Å². The fourth-order valence-electron chi connectivity index (χ4n) is 3.97. The number of carbonyl (C=O) groups is 3. The number of benzene rings is 2. The number of carbonyl (C=O) groups excluding carboxylic acids is 3. The first-order valence-corrected chi connectivity index (χ1v) is 10.9. The number of piperidine rings is 1. The first-order valence-electron chi connectivity index (χ1n) is 10.9. The van der Waals surface area contributed by atoms with E-state index in [0.717, 1.165) is 17.2 Å². The number of hydrogen-bond donors (Lipinski definition) is 2. The van der Waals surface area contributed by atoms with E-state index in [9.17, 15) is 14.4 Å². The molecule has 1 fully saturated rings. The highest BCUT2D eigenvalue weighted by atomic mass is 16.5. The van der Waals surface area contributed by atoms with Crippen LogP contribution in [0.3, 0.4) is 0 Å². The van der Waals surface area contributed by atoms with Crippen molar-refractivity contribution in [3.8, 4) is 0 Å². The van der Waals surface area contributed by atoms with Crippen molar-refractivity contribution in [2.75, 3.05) is 25.0 Å². The molecule has 2 atom stereocenters. The summed E-state index contributed by atoms with van der Waals surface area (Å²) in [4.78, 5) is 39.7. The Bertz CT molecular complexity index is 938. The van der Waals surface area contributed by atoms with Crippen molar-refractivity contribution < 1.29 is 19.1 Å². The number of amides is 3. The van der Waals surface area contributed by atoms with Crippen molar-refractivity contribution in [2.24, 2.45) is 11.8 Å². The lowest BCUT2D eigenvalue weighted by molar-refractivity contribution is -0.151. The fourth-order valence-corrected chi connectivity index (χ4v) is 3.97. The summed E-state index contributed by atoms with van der Waals surface area (Å²) < 4.78 is 5.13. The summed E-state index contributed by atoms with van der Waals surface area (Å²) in [6.07, 6.45) is 1.45. The van der Waals surface area contributed by atoms with Gasteiger partial charge < -0.3 is 20.3 Å². The van der Waals surface area contributed by atoms with Crippen LogP contribution in [0.1, 0.15) is 33.6 Å². The molecule has 2 aromatic rings. The lowest BCUT2D eigenvalue weighted by Crippen LogP contribution is -2.54. The Morgan fingerprint density at radius 2 is 1.87 bits per heavy atom. The molecule has 31 heavy (non-hydrogen) atoms. The third-order valence-corrected chi connectivity index (χ3v) is 5.61. The lowest BCUT2D eigenvalue weighted by atomic mass is 9.95. The highest BCUT2D eigenvalue weighted by Crippen LogP contribution is 2.23. The van der Waals surface area contributed by atoms with Crippen molar-refractivity contribution >= 4 is 34.4 Å². The summed E-state index contributed by atoms with van der Waals surface area (Å²) in [6, 6.07) is 12.4. The van der Waals surface area contributed by atoms with Gasteiger partial charge in [-0.15, -0.1) is 0 Å². The van der Waals surface area contributed by atoms with E-state index in [2.05, 4.69) is 10.6 Å². The number of fused-ring (bicyclic) bond motifs is 1. The minimum atomic E-state index is -0.684. The Morgan fingerprint density at radius 1 is 1.13 bits per heavy atom. The van der Waals surface area contributed by atoms with Crippen LogP contribution in [0.25, 0.3) is 10.8 Å². The third kappa shape index (κ3) is 5.54. The number of nitrogens with one attached hydrogen (secondary N) is 2. The summed E-state index contributed by atoms with van der Waals surface area (Å²) in [6.45, 7) is 6.80. The standard InChI is InChI=1S/C24H31N3O4/c1-4-31-23(29)18-11-8-14-27(15-18)22(28)21(16(2)3)26-24(30)25-20-13-7-10-17-9-5-6-12-19(17)20/h5-7,9-10,12-13,16,18,21H,4,8,11,14-15H2,1-3H3,(H2,25,26,30). The Balaban J connectivity index is 1.68. The van der Waals surface area contributed by atoms with E-state index < -0.39 is 12.1 Å². The van der Waals surface area contributed by atoms with E-state index in [1.165, 1.54) is 0 Å². The Morgan fingerprint density at radius 3 is 2.61 bits per heavy atom. The molecule has 0 bridgehead atoms. The van der Waals surface area contributed by atoms with Crippen LogP contribution in [-0.2, 0) is 14.3 Å². The number of ether oxygens (including phenoxy) is 1. The Kier molecular flexibility index (Phi) is 7.50.